The first-order valence-electron chi connectivity index (χ1n) is 6.94. The lowest BCUT2D eigenvalue weighted by atomic mass is 10.1. The Hall–Kier alpha value is -0.763. The summed E-state index contributed by atoms with van der Waals surface area (Å²) in [5.41, 5.74) is 12.4. The summed E-state index contributed by atoms with van der Waals surface area (Å²) >= 11 is 0. The first kappa shape index (κ1) is 17.3. The first-order chi connectivity index (χ1) is 9.71. The van der Waals surface area contributed by atoms with Crippen LogP contribution in [0.2, 0.25) is 6.04 Å². The van der Waals surface area contributed by atoms with E-state index in [1.807, 2.05) is 30.3 Å². The molecule has 0 fully saturated rings. The molecule has 0 aliphatic carbocycles. The van der Waals surface area contributed by atoms with Gasteiger partial charge in [-0.05, 0) is 31.5 Å². The molecule has 0 saturated carbocycles. The van der Waals surface area contributed by atoms with Crippen molar-refractivity contribution < 1.29 is 13.3 Å². The van der Waals surface area contributed by atoms with E-state index in [-0.39, 0.29) is 6.10 Å². The number of nitrogens with two attached hydrogens (primary N) is 2. The van der Waals surface area contributed by atoms with E-state index in [4.69, 9.17) is 24.7 Å². The molecule has 1 unspecified atom stereocenters. The van der Waals surface area contributed by atoms with Crippen LogP contribution in [0.5, 0.6) is 0 Å². The summed E-state index contributed by atoms with van der Waals surface area (Å²) in [6, 6.07) is 10.7. The highest BCUT2D eigenvalue weighted by atomic mass is 28.4. The molecule has 0 aromatic heterocycles. The van der Waals surface area contributed by atoms with Crippen molar-refractivity contribution in [3.63, 3.8) is 0 Å². The van der Waals surface area contributed by atoms with Gasteiger partial charge in [-0.25, -0.2) is 0 Å². The molecule has 1 atom stereocenters. The van der Waals surface area contributed by atoms with Crippen LogP contribution in [0.4, 0.5) is 0 Å². The SMILES string of the molecule is CO[Si](CCCN)(OC)OC(CCN)c1ccccc1. The van der Waals surface area contributed by atoms with Gasteiger partial charge in [-0.1, -0.05) is 30.3 Å². The van der Waals surface area contributed by atoms with E-state index in [0.29, 0.717) is 19.1 Å². The maximum atomic E-state index is 6.22. The summed E-state index contributed by atoms with van der Waals surface area (Å²) in [5, 5.41) is 0. The molecular weight excluding hydrogens is 272 g/mol. The fourth-order valence-electron chi connectivity index (χ4n) is 2.09. The maximum Gasteiger partial charge on any atom is 0.500 e. The monoisotopic (exact) mass is 298 g/mol. The fourth-order valence-corrected chi connectivity index (χ4v) is 4.30. The van der Waals surface area contributed by atoms with Crippen LogP contribution in [0.1, 0.15) is 24.5 Å². The number of rotatable bonds is 10. The van der Waals surface area contributed by atoms with Gasteiger partial charge in [0.25, 0.3) is 0 Å². The zero-order chi connectivity index (χ0) is 14.8. The molecule has 0 saturated heterocycles. The Balaban J connectivity index is 2.85. The Kier molecular flexibility index (Phi) is 7.97. The first-order valence-corrected chi connectivity index (χ1v) is 8.87. The minimum Gasteiger partial charge on any atom is -0.377 e. The van der Waals surface area contributed by atoms with Crippen LogP contribution in [0.3, 0.4) is 0 Å². The van der Waals surface area contributed by atoms with Crippen molar-refractivity contribution in [2.75, 3.05) is 27.3 Å². The van der Waals surface area contributed by atoms with Crippen molar-refractivity contribution >= 4 is 8.80 Å². The average molecular weight is 298 g/mol. The third kappa shape index (κ3) is 4.97. The van der Waals surface area contributed by atoms with E-state index in [2.05, 4.69) is 0 Å². The van der Waals surface area contributed by atoms with Crippen molar-refractivity contribution in [1.82, 2.24) is 0 Å². The van der Waals surface area contributed by atoms with Crippen LogP contribution in [-0.2, 0) is 13.3 Å². The molecule has 0 amide bonds. The fraction of sp³-hybridized carbons (Fsp3) is 0.571. The molecule has 1 rings (SSSR count). The lowest BCUT2D eigenvalue weighted by Crippen LogP contribution is -2.45. The largest absolute Gasteiger partial charge is 0.500 e. The molecule has 4 N–H and O–H groups in total. The van der Waals surface area contributed by atoms with E-state index in [9.17, 15) is 0 Å². The predicted octanol–water partition coefficient (Wildman–Crippen LogP) is 1.67. The lowest BCUT2D eigenvalue weighted by Gasteiger charge is -2.31. The van der Waals surface area contributed by atoms with Crippen molar-refractivity contribution in [2.45, 2.75) is 25.0 Å². The molecule has 0 radical (unpaired) electrons. The summed E-state index contributed by atoms with van der Waals surface area (Å²) in [6.45, 7) is 1.14. The summed E-state index contributed by atoms with van der Waals surface area (Å²) in [4.78, 5) is 0. The van der Waals surface area contributed by atoms with E-state index in [0.717, 1.165) is 18.4 Å². The third-order valence-electron chi connectivity index (χ3n) is 3.23. The van der Waals surface area contributed by atoms with Crippen molar-refractivity contribution in [1.29, 1.82) is 0 Å². The van der Waals surface area contributed by atoms with Crippen LogP contribution < -0.4 is 11.5 Å². The standard InChI is InChI=1S/C14H26N2O3Si/c1-17-20(18-2,12-6-10-15)19-14(9-11-16)13-7-4-3-5-8-13/h3-5,7-8,14H,6,9-12,15-16H2,1-2H3. The van der Waals surface area contributed by atoms with Crippen LogP contribution in [0, 0.1) is 0 Å². The molecule has 114 valence electrons. The Morgan fingerprint density at radius 2 is 1.70 bits per heavy atom. The molecule has 1 aromatic rings. The maximum absolute atomic E-state index is 6.22. The second-order valence-electron chi connectivity index (χ2n) is 4.58. The normalized spacial score (nSPS) is 13.4. The predicted molar refractivity (Wildman–Crippen MR) is 82.2 cm³/mol. The second kappa shape index (κ2) is 9.22. The Morgan fingerprint density at radius 1 is 1.05 bits per heavy atom. The lowest BCUT2D eigenvalue weighted by molar-refractivity contribution is 0.0512. The molecule has 0 aliphatic rings. The summed E-state index contributed by atoms with van der Waals surface area (Å²) in [6.07, 6.45) is 1.44. The Labute approximate surface area is 122 Å². The molecule has 6 heteroatoms. The zero-order valence-electron chi connectivity index (χ0n) is 12.4. The Morgan fingerprint density at radius 3 is 2.20 bits per heavy atom. The molecular formula is C14H26N2O3Si. The van der Waals surface area contributed by atoms with Gasteiger partial charge in [0.05, 0.1) is 6.10 Å². The quantitative estimate of drug-likeness (QED) is 0.642. The highest BCUT2D eigenvalue weighted by Crippen LogP contribution is 2.28. The highest BCUT2D eigenvalue weighted by molar-refractivity contribution is 6.60. The number of hydrogen-bond acceptors (Lipinski definition) is 5. The van der Waals surface area contributed by atoms with Crippen LogP contribution >= 0.6 is 0 Å². The average Bonchev–Trinajstić information content (AvgIpc) is 2.51. The van der Waals surface area contributed by atoms with E-state index < -0.39 is 8.80 Å². The molecule has 0 aliphatic heterocycles. The molecule has 0 spiro atoms. The van der Waals surface area contributed by atoms with Gasteiger partial charge in [-0.15, -0.1) is 0 Å². The second-order valence-corrected chi connectivity index (χ2v) is 7.50. The number of hydrogen-bond donors (Lipinski definition) is 2. The molecule has 1 aromatic carbocycles. The van der Waals surface area contributed by atoms with Gasteiger partial charge < -0.3 is 24.7 Å². The number of benzene rings is 1. The van der Waals surface area contributed by atoms with Gasteiger partial charge in [0, 0.05) is 20.3 Å². The molecule has 5 nitrogen and oxygen atoms in total. The Bertz CT molecular complexity index is 361. The van der Waals surface area contributed by atoms with Crippen LogP contribution in [-0.4, -0.2) is 36.1 Å². The van der Waals surface area contributed by atoms with Gasteiger partial charge >= 0.3 is 8.80 Å². The summed E-state index contributed by atoms with van der Waals surface area (Å²) < 4.78 is 17.4. The minimum atomic E-state index is -2.68. The van der Waals surface area contributed by atoms with Crippen LogP contribution in [0.15, 0.2) is 30.3 Å². The van der Waals surface area contributed by atoms with Gasteiger partial charge in [-0.3, -0.25) is 0 Å². The van der Waals surface area contributed by atoms with Gasteiger partial charge in [0.2, 0.25) is 0 Å². The van der Waals surface area contributed by atoms with E-state index in [1.165, 1.54) is 0 Å². The topological polar surface area (TPSA) is 79.7 Å². The molecule has 20 heavy (non-hydrogen) atoms. The van der Waals surface area contributed by atoms with E-state index in [1.54, 1.807) is 14.2 Å². The highest BCUT2D eigenvalue weighted by Gasteiger charge is 2.41. The van der Waals surface area contributed by atoms with Crippen molar-refractivity contribution in [3.8, 4) is 0 Å². The van der Waals surface area contributed by atoms with Gasteiger partial charge in [-0.2, -0.15) is 0 Å². The summed E-state index contributed by atoms with van der Waals surface area (Å²) in [7, 11) is 0.588. The molecule has 0 heterocycles. The summed E-state index contributed by atoms with van der Waals surface area (Å²) in [5.74, 6) is 0. The zero-order valence-corrected chi connectivity index (χ0v) is 13.4. The van der Waals surface area contributed by atoms with Crippen LogP contribution in [0.25, 0.3) is 0 Å². The van der Waals surface area contributed by atoms with Gasteiger partial charge in [0.15, 0.2) is 0 Å². The van der Waals surface area contributed by atoms with Crippen molar-refractivity contribution in [2.24, 2.45) is 11.5 Å². The van der Waals surface area contributed by atoms with Crippen molar-refractivity contribution in [3.05, 3.63) is 35.9 Å². The smallest absolute Gasteiger partial charge is 0.377 e. The van der Waals surface area contributed by atoms with E-state index >= 15 is 0 Å². The third-order valence-corrected chi connectivity index (χ3v) is 6.08. The minimum absolute atomic E-state index is 0.106. The van der Waals surface area contributed by atoms with Gasteiger partial charge in [0.1, 0.15) is 0 Å². The molecule has 0 bridgehead atoms.